The average molecular weight is 502 g/mol. The zero-order chi connectivity index (χ0) is 25.7. The number of carbonyl (C=O) groups excluding carboxylic acids is 1. The van der Waals surface area contributed by atoms with Gasteiger partial charge in [0, 0.05) is 0 Å². The molecule has 4 rings (SSSR count). The first-order valence-corrected chi connectivity index (χ1v) is 12.3. The summed E-state index contributed by atoms with van der Waals surface area (Å²) in [5.74, 6) is -0.496. The van der Waals surface area contributed by atoms with Crippen molar-refractivity contribution in [3.05, 3.63) is 82.8 Å². The van der Waals surface area contributed by atoms with Crippen molar-refractivity contribution in [3.63, 3.8) is 0 Å². The van der Waals surface area contributed by atoms with E-state index in [0.717, 1.165) is 28.3 Å². The smallest absolute Gasteiger partial charge is 0.359 e. The number of azo groups is 1. The van der Waals surface area contributed by atoms with Crippen LogP contribution < -0.4 is 5.43 Å². The molecule has 9 nitrogen and oxygen atoms in total. The van der Waals surface area contributed by atoms with Gasteiger partial charge in [-0.05, 0) is 58.9 Å². The molecule has 0 radical (unpaired) electrons. The molecular formula is C26H27N7O2S. The third-order valence-corrected chi connectivity index (χ3v) is 6.28. The molecule has 1 N–H and O–H groups in total. The summed E-state index contributed by atoms with van der Waals surface area (Å²) >= 11 is 1.34. The number of aryl methyl sites for hydroxylation is 2. The van der Waals surface area contributed by atoms with Gasteiger partial charge in [-0.2, -0.15) is 10.2 Å². The van der Waals surface area contributed by atoms with E-state index in [4.69, 9.17) is 4.74 Å². The summed E-state index contributed by atoms with van der Waals surface area (Å²) in [5, 5.41) is 18.9. The molecule has 0 bridgehead atoms. The minimum absolute atomic E-state index is 0.214. The van der Waals surface area contributed by atoms with Crippen LogP contribution in [0.2, 0.25) is 0 Å². The fraction of sp³-hybridized carbons (Fsp3) is 0.231. The Morgan fingerprint density at radius 2 is 1.78 bits per heavy atom. The lowest BCUT2D eigenvalue weighted by atomic mass is 10.1. The predicted molar refractivity (Wildman–Crippen MR) is 142 cm³/mol. The number of esters is 1. The van der Waals surface area contributed by atoms with Gasteiger partial charge in [-0.25, -0.2) is 14.5 Å². The highest BCUT2D eigenvalue weighted by molar-refractivity contribution is 7.19. The first kappa shape index (κ1) is 24.9. The minimum atomic E-state index is -0.496. The lowest BCUT2D eigenvalue weighted by molar-refractivity contribution is 0.0518. The quantitative estimate of drug-likeness (QED) is 0.125. The topological polar surface area (TPSA) is 106 Å². The van der Waals surface area contributed by atoms with Gasteiger partial charge in [0.1, 0.15) is 0 Å². The lowest BCUT2D eigenvalue weighted by Gasteiger charge is -2.06. The fourth-order valence-corrected chi connectivity index (χ4v) is 4.26. The van der Waals surface area contributed by atoms with Crippen molar-refractivity contribution in [1.29, 1.82) is 0 Å². The molecule has 0 atom stereocenters. The number of hydrogen-bond acceptors (Lipinski definition) is 9. The van der Waals surface area contributed by atoms with Crippen LogP contribution in [0.15, 0.2) is 69.9 Å². The number of ether oxygens (including phenoxy) is 1. The molecule has 2 aromatic heterocycles. The van der Waals surface area contributed by atoms with E-state index >= 15 is 0 Å². The summed E-state index contributed by atoms with van der Waals surface area (Å²) in [4.78, 5) is 17.2. The number of benzene rings is 2. The molecule has 0 saturated carbocycles. The Kier molecular flexibility index (Phi) is 7.65. The van der Waals surface area contributed by atoms with E-state index in [9.17, 15) is 4.79 Å². The van der Waals surface area contributed by atoms with Crippen LogP contribution in [0.1, 0.15) is 46.9 Å². The van der Waals surface area contributed by atoms with Gasteiger partial charge < -0.3 is 4.74 Å². The van der Waals surface area contributed by atoms with Gasteiger partial charge in [0.15, 0.2) is 10.7 Å². The van der Waals surface area contributed by atoms with Crippen LogP contribution >= 0.6 is 11.3 Å². The van der Waals surface area contributed by atoms with Gasteiger partial charge in [0.2, 0.25) is 5.13 Å². The highest BCUT2D eigenvalue weighted by atomic mass is 32.1. The number of carbonyl (C=O) groups is 1. The Hall–Kier alpha value is -4.18. The standard InChI is InChI=1S/C26H27N7O2S/c1-6-35-25(34)23-22(19(5)33(32-23)21-14-12-16(2)13-15-21)17(3)28-31-26-27-18(4)24(36-26)30-29-20-10-8-7-9-11-20/h7-15H,6H2,1-5H3,(H,27,31)/b28-17+,30-29?. The van der Waals surface area contributed by atoms with E-state index in [0.29, 0.717) is 21.4 Å². The van der Waals surface area contributed by atoms with Crippen LogP contribution in [0.3, 0.4) is 0 Å². The summed E-state index contributed by atoms with van der Waals surface area (Å²) in [6.07, 6.45) is 0. The molecular weight excluding hydrogens is 474 g/mol. The van der Waals surface area contributed by atoms with E-state index in [1.54, 1.807) is 11.6 Å². The van der Waals surface area contributed by atoms with E-state index in [1.165, 1.54) is 11.3 Å². The second-order valence-electron chi connectivity index (χ2n) is 8.03. The van der Waals surface area contributed by atoms with Gasteiger partial charge in [0.25, 0.3) is 0 Å². The summed E-state index contributed by atoms with van der Waals surface area (Å²) in [6, 6.07) is 17.4. The van der Waals surface area contributed by atoms with Gasteiger partial charge in [-0.1, -0.05) is 47.2 Å². The molecule has 4 aromatic rings. The highest BCUT2D eigenvalue weighted by Gasteiger charge is 2.24. The third kappa shape index (κ3) is 5.55. The maximum absolute atomic E-state index is 12.7. The van der Waals surface area contributed by atoms with Gasteiger partial charge >= 0.3 is 5.97 Å². The molecule has 184 valence electrons. The molecule has 0 amide bonds. The first-order valence-electron chi connectivity index (χ1n) is 11.5. The van der Waals surface area contributed by atoms with Crippen LogP contribution in [0.5, 0.6) is 0 Å². The lowest BCUT2D eigenvalue weighted by Crippen LogP contribution is -2.11. The Morgan fingerprint density at radius 3 is 2.47 bits per heavy atom. The third-order valence-electron chi connectivity index (χ3n) is 5.33. The molecule has 0 unspecified atom stereocenters. The second kappa shape index (κ2) is 11.0. The molecule has 0 aliphatic carbocycles. The SMILES string of the molecule is CCOC(=O)c1nn(-c2ccc(C)cc2)c(C)c1/C(C)=N/Nc1nc(C)c(N=Nc2ccccc2)s1. The fourth-order valence-electron chi connectivity index (χ4n) is 3.53. The van der Waals surface area contributed by atoms with E-state index in [-0.39, 0.29) is 12.3 Å². The summed E-state index contributed by atoms with van der Waals surface area (Å²) < 4.78 is 7.00. The number of rotatable bonds is 8. The molecule has 0 aliphatic rings. The predicted octanol–water partition coefficient (Wildman–Crippen LogP) is 6.68. The molecule has 2 aromatic carbocycles. The van der Waals surface area contributed by atoms with Crippen LogP contribution in [0.4, 0.5) is 15.8 Å². The molecule has 0 spiro atoms. The molecule has 10 heteroatoms. The van der Waals surface area contributed by atoms with Crippen molar-refractivity contribution in [3.8, 4) is 5.69 Å². The number of thiazole rings is 1. The maximum atomic E-state index is 12.7. The second-order valence-corrected chi connectivity index (χ2v) is 9.01. The Balaban J connectivity index is 1.62. The largest absolute Gasteiger partial charge is 0.461 e. The molecule has 2 heterocycles. The summed E-state index contributed by atoms with van der Waals surface area (Å²) in [5.41, 5.74) is 8.66. The van der Waals surface area contributed by atoms with Crippen LogP contribution in [0, 0.1) is 20.8 Å². The van der Waals surface area contributed by atoms with Gasteiger partial charge in [0.05, 0.1) is 40.6 Å². The van der Waals surface area contributed by atoms with Crippen LogP contribution in [-0.2, 0) is 4.74 Å². The number of anilines is 1. The normalized spacial score (nSPS) is 11.8. The molecule has 0 fully saturated rings. The number of nitrogens with zero attached hydrogens (tertiary/aromatic N) is 6. The van der Waals surface area contributed by atoms with Crippen molar-refractivity contribution < 1.29 is 9.53 Å². The van der Waals surface area contributed by atoms with E-state index in [1.807, 2.05) is 82.3 Å². The Bertz CT molecular complexity index is 1420. The maximum Gasteiger partial charge on any atom is 0.359 e. The van der Waals surface area contributed by atoms with Crippen molar-refractivity contribution in [2.45, 2.75) is 34.6 Å². The van der Waals surface area contributed by atoms with Crippen molar-refractivity contribution >= 4 is 38.8 Å². The van der Waals surface area contributed by atoms with E-state index in [2.05, 4.69) is 30.8 Å². The first-order chi connectivity index (χ1) is 17.4. The Morgan fingerprint density at radius 1 is 1.06 bits per heavy atom. The summed E-state index contributed by atoms with van der Waals surface area (Å²) in [6.45, 7) is 9.62. The molecule has 0 aliphatic heterocycles. The summed E-state index contributed by atoms with van der Waals surface area (Å²) in [7, 11) is 0. The van der Waals surface area contributed by atoms with E-state index < -0.39 is 5.97 Å². The Labute approximate surface area is 213 Å². The average Bonchev–Trinajstić information content (AvgIpc) is 3.41. The number of hydrazone groups is 1. The number of nitrogens with one attached hydrogen (secondary N) is 1. The molecule has 0 saturated heterocycles. The van der Waals surface area contributed by atoms with Crippen molar-refractivity contribution in [2.75, 3.05) is 12.0 Å². The monoisotopic (exact) mass is 501 g/mol. The zero-order valence-electron chi connectivity index (χ0n) is 20.8. The van der Waals surface area contributed by atoms with Crippen molar-refractivity contribution in [2.24, 2.45) is 15.3 Å². The van der Waals surface area contributed by atoms with Crippen LogP contribution in [0.25, 0.3) is 5.69 Å². The number of aromatic nitrogens is 3. The van der Waals surface area contributed by atoms with Gasteiger partial charge in [-0.3, -0.25) is 5.43 Å². The molecule has 36 heavy (non-hydrogen) atoms. The minimum Gasteiger partial charge on any atom is -0.461 e. The zero-order valence-corrected chi connectivity index (χ0v) is 21.6. The van der Waals surface area contributed by atoms with Crippen LogP contribution in [-0.4, -0.2) is 33.1 Å². The van der Waals surface area contributed by atoms with Crippen molar-refractivity contribution in [1.82, 2.24) is 14.8 Å². The number of hydrogen-bond donors (Lipinski definition) is 1. The highest BCUT2D eigenvalue weighted by Crippen LogP contribution is 2.32. The van der Waals surface area contributed by atoms with Gasteiger partial charge in [-0.15, -0.1) is 10.2 Å².